The normalized spacial score (nSPS) is 25.5. The molecule has 0 aliphatic carbocycles. The van der Waals surface area contributed by atoms with Crippen LogP contribution in [0.15, 0.2) is 18.2 Å². The Kier molecular flexibility index (Phi) is 3.19. The molecule has 0 aromatic heterocycles. The first kappa shape index (κ1) is 10.8. The van der Waals surface area contributed by atoms with Crippen LogP contribution in [-0.2, 0) is 0 Å². The number of halogens is 1. The lowest BCUT2D eigenvalue weighted by molar-refractivity contribution is 0.626. The van der Waals surface area contributed by atoms with Crippen LogP contribution in [0, 0.1) is 12.7 Å². The fourth-order valence-corrected chi connectivity index (χ4v) is 3.08. The van der Waals surface area contributed by atoms with Crippen molar-refractivity contribution in [2.75, 3.05) is 11.1 Å². The van der Waals surface area contributed by atoms with Crippen molar-refractivity contribution in [3.05, 3.63) is 29.6 Å². The lowest BCUT2D eigenvalue weighted by Gasteiger charge is -2.15. The topological polar surface area (TPSA) is 12.0 Å². The molecule has 1 N–H and O–H groups in total. The first-order chi connectivity index (χ1) is 7.15. The quantitative estimate of drug-likeness (QED) is 0.827. The largest absolute Gasteiger partial charge is 0.381 e. The SMILES string of the molecule is Cc1cc(F)ccc1NC1CSC(C)C1. The van der Waals surface area contributed by atoms with Gasteiger partial charge in [-0.05, 0) is 37.1 Å². The van der Waals surface area contributed by atoms with E-state index in [4.69, 9.17) is 0 Å². The molecule has 1 saturated heterocycles. The van der Waals surface area contributed by atoms with E-state index in [1.54, 1.807) is 6.07 Å². The average molecular weight is 225 g/mol. The average Bonchev–Trinajstić information content (AvgIpc) is 2.56. The van der Waals surface area contributed by atoms with Gasteiger partial charge in [0.2, 0.25) is 0 Å². The smallest absolute Gasteiger partial charge is 0.123 e. The summed E-state index contributed by atoms with van der Waals surface area (Å²) in [5.41, 5.74) is 2.05. The molecule has 1 aliphatic heterocycles. The Morgan fingerprint density at radius 1 is 1.47 bits per heavy atom. The second kappa shape index (κ2) is 4.44. The van der Waals surface area contributed by atoms with E-state index in [0.29, 0.717) is 6.04 Å². The van der Waals surface area contributed by atoms with Crippen LogP contribution in [0.4, 0.5) is 10.1 Å². The van der Waals surface area contributed by atoms with Crippen molar-refractivity contribution >= 4 is 17.4 Å². The van der Waals surface area contributed by atoms with Gasteiger partial charge in [0.15, 0.2) is 0 Å². The third kappa shape index (κ3) is 2.65. The van der Waals surface area contributed by atoms with Crippen LogP contribution >= 0.6 is 11.8 Å². The van der Waals surface area contributed by atoms with Crippen molar-refractivity contribution < 1.29 is 4.39 Å². The van der Waals surface area contributed by atoms with Crippen molar-refractivity contribution in [3.63, 3.8) is 0 Å². The Bertz CT molecular complexity index is 353. The zero-order valence-corrected chi connectivity index (χ0v) is 9.90. The van der Waals surface area contributed by atoms with Crippen LogP contribution in [0.3, 0.4) is 0 Å². The molecule has 2 rings (SSSR count). The first-order valence-corrected chi connectivity index (χ1v) is 6.34. The highest BCUT2D eigenvalue weighted by Crippen LogP contribution is 2.29. The number of nitrogens with one attached hydrogen (secondary N) is 1. The predicted molar refractivity (Wildman–Crippen MR) is 65.1 cm³/mol. The molecular formula is C12H16FNS. The van der Waals surface area contributed by atoms with Crippen LogP contribution in [0.1, 0.15) is 18.9 Å². The maximum Gasteiger partial charge on any atom is 0.123 e. The molecule has 0 bridgehead atoms. The second-order valence-corrected chi connectivity index (χ2v) is 5.65. The fraction of sp³-hybridized carbons (Fsp3) is 0.500. The molecule has 0 amide bonds. The highest BCUT2D eigenvalue weighted by Gasteiger charge is 2.21. The summed E-state index contributed by atoms with van der Waals surface area (Å²) >= 11 is 2.00. The van der Waals surface area contributed by atoms with Crippen LogP contribution in [0.5, 0.6) is 0 Å². The number of rotatable bonds is 2. The van der Waals surface area contributed by atoms with Crippen molar-refractivity contribution in [2.24, 2.45) is 0 Å². The third-order valence-corrected chi connectivity index (χ3v) is 4.10. The van der Waals surface area contributed by atoms with Crippen molar-refractivity contribution in [1.82, 2.24) is 0 Å². The second-order valence-electron chi connectivity index (χ2n) is 4.18. The molecule has 1 fully saturated rings. The number of benzene rings is 1. The van der Waals surface area contributed by atoms with Gasteiger partial charge < -0.3 is 5.32 Å². The summed E-state index contributed by atoms with van der Waals surface area (Å²) in [6, 6.07) is 5.46. The Morgan fingerprint density at radius 2 is 2.27 bits per heavy atom. The van der Waals surface area contributed by atoms with Crippen LogP contribution in [0.2, 0.25) is 0 Å². The molecular weight excluding hydrogens is 209 g/mol. The predicted octanol–water partition coefficient (Wildman–Crippen LogP) is 3.44. The van der Waals surface area contributed by atoms with Gasteiger partial charge in [0.05, 0.1) is 0 Å². The van der Waals surface area contributed by atoms with E-state index in [1.165, 1.54) is 12.5 Å². The summed E-state index contributed by atoms with van der Waals surface area (Å²) < 4.78 is 12.9. The molecule has 1 aromatic rings. The molecule has 3 heteroatoms. The maximum absolute atomic E-state index is 12.9. The van der Waals surface area contributed by atoms with E-state index < -0.39 is 0 Å². The van der Waals surface area contributed by atoms with E-state index in [9.17, 15) is 4.39 Å². The van der Waals surface area contributed by atoms with Gasteiger partial charge in [0.25, 0.3) is 0 Å². The monoisotopic (exact) mass is 225 g/mol. The van der Waals surface area contributed by atoms with Crippen molar-refractivity contribution in [3.8, 4) is 0 Å². The summed E-state index contributed by atoms with van der Waals surface area (Å²) in [5.74, 6) is 0.991. The van der Waals surface area contributed by atoms with Gasteiger partial charge in [-0.3, -0.25) is 0 Å². The van der Waals surface area contributed by atoms with Crippen molar-refractivity contribution in [1.29, 1.82) is 0 Å². The number of thioether (sulfide) groups is 1. The minimum Gasteiger partial charge on any atom is -0.381 e. The minimum atomic E-state index is -0.160. The van der Waals surface area contributed by atoms with Gasteiger partial charge in [0.1, 0.15) is 5.82 Å². The van der Waals surface area contributed by atoms with Crippen LogP contribution < -0.4 is 5.32 Å². The lowest BCUT2D eigenvalue weighted by atomic mass is 10.1. The Morgan fingerprint density at radius 3 is 2.87 bits per heavy atom. The van der Waals surface area contributed by atoms with Gasteiger partial charge >= 0.3 is 0 Å². The summed E-state index contributed by atoms with van der Waals surface area (Å²) in [7, 11) is 0. The van der Waals surface area contributed by atoms with Gasteiger partial charge in [-0.1, -0.05) is 6.92 Å². The van der Waals surface area contributed by atoms with Gasteiger partial charge in [0, 0.05) is 22.7 Å². The summed E-state index contributed by atoms with van der Waals surface area (Å²) in [4.78, 5) is 0. The minimum absolute atomic E-state index is 0.160. The Balaban J connectivity index is 2.04. The molecule has 0 saturated carbocycles. The molecule has 2 atom stereocenters. The number of hydrogen-bond donors (Lipinski definition) is 1. The van der Waals surface area contributed by atoms with Crippen LogP contribution in [-0.4, -0.2) is 17.0 Å². The molecule has 1 nitrogen and oxygen atoms in total. The first-order valence-electron chi connectivity index (χ1n) is 5.29. The third-order valence-electron chi connectivity index (χ3n) is 2.75. The lowest BCUT2D eigenvalue weighted by Crippen LogP contribution is -2.19. The highest BCUT2D eigenvalue weighted by atomic mass is 32.2. The summed E-state index contributed by atoms with van der Waals surface area (Å²) in [5, 5.41) is 4.22. The Labute approximate surface area is 94.5 Å². The van der Waals surface area contributed by atoms with E-state index in [1.807, 2.05) is 24.8 Å². The van der Waals surface area contributed by atoms with Crippen molar-refractivity contribution in [2.45, 2.75) is 31.6 Å². The van der Waals surface area contributed by atoms with Gasteiger partial charge in [-0.2, -0.15) is 11.8 Å². The molecule has 0 radical (unpaired) electrons. The van der Waals surface area contributed by atoms with Gasteiger partial charge in [-0.25, -0.2) is 4.39 Å². The van der Waals surface area contributed by atoms with E-state index in [-0.39, 0.29) is 5.82 Å². The fourth-order valence-electron chi connectivity index (χ4n) is 1.93. The molecule has 2 unspecified atom stereocenters. The molecule has 1 aliphatic rings. The molecule has 82 valence electrons. The van der Waals surface area contributed by atoms with E-state index in [0.717, 1.165) is 22.3 Å². The van der Waals surface area contributed by atoms with Gasteiger partial charge in [-0.15, -0.1) is 0 Å². The highest BCUT2D eigenvalue weighted by molar-refractivity contribution is 8.00. The molecule has 15 heavy (non-hydrogen) atoms. The maximum atomic E-state index is 12.9. The zero-order valence-electron chi connectivity index (χ0n) is 9.09. The van der Waals surface area contributed by atoms with E-state index in [2.05, 4.69) is 12.2 Å². The summed E-state index contributed by atoms with van der Waals surface area (Å²) in [6.07, 6.45) is 1.20. The number of aryl methyl sites for hydroxylation is 1. The van der Waals surface area contributed by atoms with Crippen LogP contribution in [0.25, 0.3) is 0 Å². The van der Waals surface area contributed by atoms with E-state index >= 15 is 0 Å². The Hall–Kier alpha value is -0.700. The molecule has 0 spiro atoms. The molecule has 1 aromatic carbocycles. The summed E-state index contributed by atoms with van der Waals surface area (Å²) in [6.45, 7) is 4.20. The standard InChI is InChI=1S/C12H16FNS/c1-8-5-10(13)3-4-12(8)14-11-6-9(2)15-7-11/h3-5,9,11,14H,6-7H2,1-2H3. The molecule has 1 heterocycles. The number of anilines is 1. The zero-order chi connectivity index (χ0) is 10.8. The number of hydrogen-bond acceptors (Lipinski definition) is 2.